The molecule has 0 aliphatic rings. The Morgan fingerprint density at radius 3 is 2.85 bits per heavy atom. The molecule has 1 heterocycles. The summed E-state index contributed by atoms with van der Waals surface area (Å²) < 4.78 is 5.82. The van der Waals surface area contributed by atoms with Crippen molar-refractivity contribution in [3.63, 3.8) is 0 Å². The normalized spacial score (nSPS) is 12.3. The maximum atomic E-state index is 9.99. The third kappa shape index (κ3) is 3.81. The number of rotatable bonds is 7. The maximum Gasteiger partial charge on any atom is 0.131 e. The second kappa shape index (κ2) is 7.41. The summed E-state index contributed by atoms with van der Waals surface area (Å²) in [5.41, 5.74) is 1.80. The van der Waals surface area contributed by atoms with Crippen LogP contribution in [0.4, 0.5) is 0 Å². The van der Waals surface area contributed by atoms with Gasteiger partial charge in [0.05, 0.1) is 16.8 Å². The molecule has 2 aromatic rings. The van der Waals surface area contributed by atoms with Crippen LogP contribution in [0.3, 0.4) is 0 Å². The first-order chi connectivity index (χ1) is 9.74. The predicted octanol–water partition coefficient (Wildman–Crippen LogP) is 4.12. The number of aromatic nitrogens is 1. The molecule has 3 nitrogen and oxygen atoms in total. The highest BCUT2D eigenvalue weighted by Gasteiger charge is 2.11. The van der Waals surface area contributed by atoms with Gasteiger partial charge in [0.25, 0.3) is 0 Å². The van der Waals surface area contributed by atoms with E-state index in [9.17, 15) is 5.11 Å². The lowest BCUT2D eigenvalue weighted by molar-refractivity contribution is 0.166. The van der Waals surface area contributed by atoms with Crippen LogP contribution in [0.1, 0.15) is 49.1 Å². The highest BCUT2D eigenvalue weighted by molar-refractivity contribution is 7.09. The highest BCUT2D eigenvalue weighted by atomic mass is 32.1. The van der Waals surface area contributed by atoms with Gasteiger partial charge < -0.3 is 9.84 Å². The van der Waals surface area contributed by atoms with Crippen molar-refractivity contribution in [2.75, 3.05) is 0 Å². The van der Waals surface area contributed by atoms with Gasteiger partial charge in [-0.2, -0.15) is 0 Å². The number of benzene rings is 1. The molecule has 0 aliphatic heterocycles. The minimum absolute atomic E-state index is 0.452. The van der Waals surface area contributed by atoms with E-state index < -0.39 is 6.10 Å². The molecule has 0 bridgehead atoms. The average Bonchev–Trinajstić information content (AvgIpc) is 2.93. The maximum absolute atomic E-state index is 9.99. The molecular formula is C16H21NO2S. The lowest BCUT2D eigenvalue weighted by Crippen LogP contribution is -2.02. The first kappa shape index (κ1) is 15.0. The summed E-state index contributed by atoms with van der Waals surface area (Å²) >= 11 is 1.68. The molecular weight excluding hydrogens is 270 g/mol. The van der Waals surface area contributed by atoms with E-state index in [1.165, 1.54) is 0 Å². The van der Waals surface area contributed by atoms with Crippen LogP contribution in [0.2, 0.25) is 0 Å². The van der Waals surface area contributed by atoms with E-state index in [-0.39, 0.29) is 0 Å². The van der Waals surface area contributed by atoms with Crippen LogP contribution in [-0.4, -0.2) is 10.1 Å². The van der Waals surface area contributed by atoms with Gasteiger partial charge in [0.1, 0.15) is 12.4 Å². The number of aryl methyl sites for hydroxylation is 1. The minimum atomic E-state index is -0.475. The fourth-order valence-corrected chi connectivity index (χ4v) is 2.89. The van der Waals surface area contributed by atoms with Crippen molar-refractivity contribution in [1.82, 2.24) is 4.98 Å². The van der Waals surface area contributed by atoms with Gasteiger partial charge in [0.2, 0.25) is 0 Å². The molecule has 108 valence electrons. The Hall–Kier alpha value is -1.39. The lowest BCUT2D eigenvalue weighted by Gasteiger charge is -2.14. The van der Waals surface area contributed by atoms with Crippen LogP contribution in [-0.2, 0) is 13.0 Å². The first-order valence-electron chi connectivity index (χ1n) is 7.07. The van der Waals surface area contributed by atoms with Gasteiger partial charge in [-0.05, 0) is 25.3 Å². The summed E-state index contributed by atoms with van der Waals surface area (Å²) in [6, 6.07) is 7.65. The van der Waals surface area contributed by atoms with Crippen LogP contribution in [0.5, 0.6) is 5.75 Å². The zero-order valence-electron chi connectivity index (χ0n) is 12.0. The largest absolute Gasteiger partial charge is 0.487 e. The van der Waals surface area contributed by atoms with Crippen molar-refractivity contribution in [1.29, 1.82) is 0 Å². The fraction of sp³-hybridized carbons (Fsp3) is 0.438. The Kier molecular flexibility index (Phi) is 5.56. The predicted molar refractivity (Wildman–Crippen MR) is 82.1 cm³/mol. The van der Waals surface area contributed by atoms with E-state index in [0.29, 0.717) is 13.0 Å². The third-order valence-corrected chi connectivity index (χ3v) is 4.06. The van der Waals surface area contributed by atoms with Gasteiger partial charge >= 0.3 is 0 Å². The van der Waals surface area contributed by atoms with Gasteiger partial charge in [-0.25, -0.2) is 4.98 Å². The van der Waals surface area contributed by atoms with E-state index in [4.69, 9.17) is 4.74 Å². The van der Waals surface area contributed by atoms with Crippen LogP contribution in [0.25, 0.3) is 0 Å². The molecule has 0 spiro atoms. The summed E-state index contributed by atoms with van der Waals surface area (Å²) in [7, 11) is 0. The topological polar surface area (TPSA) is 42.4 Å². The van der Waals surface area contributed by atoms with Crippen LogP contribution < -0.4 is 4.74 Å². The fourth-order valence-electron chi connectivity index (χ4n) is 2.00. The van der Waals surface area contributed by atoms with E-state index in [0.717, 1.165) is 34.9 Å². The number of nitrogens with zero attached hydrogens (tertiary/aromatic N) is 1. The second-order valence-electron chi connectivity index (χ2n) is 4.73. The average molecular weight is 291 g/mol. The number of para-hydroxylation sites is 1. The van der Waals surface area contributed by atoms with Gasteiger partial charge in [0, 0.05) is 10.9 Å². The monoisotopic (exact) mass is 291 g/mol. The van der Waals surface area contributed by atoms with Gasteiger partial charge in [-0.3, -0.25) is 0 Å². The van der Waals surface area contributed by atoms with E-state index in [1.54, 1.807) is 11.3 Å². The molecule has 0 saturated carbocycles. The van der Waals surface area contributed by atoms with Gasteiger partial charge in [0.15, 0.2) is 0 Å². The number of aliphatic hydroxyl groups is 1. The Morgan fingerprint density at radius 1 is 1.30 bits per heavy atom. The number of ether oxygens (including phenoxy) is 1. The van der Waals surface area contributed by atoms with Crippen molar-refractivity contribution >= 4 is 11.3 Å². The van der Waals surface area contributed by atoms with Gasteiger partial charge in [-0.1, -0.05) is 32.0 Å². The highest BCUT2D eigenvalue weighted by Crippen LogP contribution is 2.27. The van der Waals surface area contributed by atoms with Gasteiger partial charge in [-0.15, -0.1) is 11.3 Å². The Morgan fingerprint density at radius 2 is 2.10 bits per heavy atom. The minimum Gasteiger partial charge on any atom is -0.487 e. The molecule has 1 unspecified atom stereocenters. The summed E-state index contributed by atoms with van der Waals surface area (Å²) in [6.45, 7) is 4.56. The molecule has 0 fully saturated rings. The first-order valence-corrected chi connectivity index (χ1v) is 7.95. The molecule has 0 radical (unpaired) electrons. The van der Waals surface area contributed by atoms with Crippen LogP contribution in [0, 0.1) is 0 Å². The SMILES string of the molecule is CCCc1nc(COc2ccccc2C(O)CC)cs1. The van der Waals surface area contributed by atoms with Crippen molar-refractivity contribution in [3.8, 4) is 5.75 Å². The van der Waals surface area contributed by atoms with E-state index in [1.807, 2.05) is 36.6 Å². The summed E-state index contributed by atoms with van der Waals surface area (Å²) in [5, 5.41) is 13.2. The molecule has 1 N–H and O–H groups in total. The van der Waals surface area contributed by atoms with Crippen molar-refractivity contribution in [2.24, 2.45) is 0 Å². The molecule has 20 heavy (non-hydrogen) atoms. The zero-order valence-corrected chi connectivity index (χ0v) is 12.8. The van der Waals surface area contributed by atoms with E-state index >= 15 is 0 Å². The third-order valence-electron chi connectivity index (χ3n) is 3.10. The van der Waals surface area contributed by atoms with Crippen LogP contribution in [0.15, 0.2) is 29.6 Å². The standard InChI is InChI=1S/C16H21NO2S/c1-3-7-16-17-12(11-20-16)10-19-15-9-6-5-8-13(15)14(18)4-2/h5-6,8-9,11,14,18H,3-4,7,10H2,1-2H3. The molecule has 0 amide bonds. The zero-order chi connectivity index (χ0) is 14.4. The quantitative estimate of drug-likeness (QED) is 0.834. The second-order valence-corrected chi connectivity index (χ2v) is 5.68. The number of aliphatic hydroxyl groups excluding tert-OH is 1. The van der Waals surface area contributed by atoms with Crippen molar-refractivity contribution in [3.05, 3.63) is 45.9 Å². The van der Waals surface area contributed by atoms with Crippen molar-refractivity contribution < 1.29 is 9.84 Å². The van der Waals surface area contributed by atoms with Crippen molar-refractivity contribution in [2.45, 2.75) is 45.8 Å². The molecule has 1 aromatic carbocycles. The molecule has 0 aliphatic carbocycles. The van der Waals surface area contributed by atoms with Crippen LogP contribution >= 0.6 is 11.3 Å². The molecule has 1 atom stereocenters. The lowest BCUT2D eigenvalue weighted by atomic mass is 10.1. The Labute approximate surface area is 124 Å². The number of thiazole rings is 1. The molecule has 4 heteroatoms. The summed E-state index contributed by atoms with van der Waals surface area (Å²) in [6.07, 6.45) is 2.34. The summed E-state index contributed by atoms with van der Waals surface area (Å²) in [5.74, 6) is 0.742. The molecule has 1 aromatic heterocycles. The molecule has 2 rings (SSSR count). The number of hydrogen-bond donors (Lipinski definition) is 1. The molecule has 0 saturated heterocycles. The Balaban J connectivity index is 2.02. The summed E-state index contributed by atoms with van der Waals surface area (Å²) in [4.78, 5) is 4.54. The Bertz CT molecular complexity index is 539. The smallest absolute Gasteiger partial charge is 0.131 e. The van der Waals surface area contributed by atoms with E-state index in [2.05, 4.69) is 11.9 Å². The number of hydrogen-bond acceptors (Lipinski definition) is 4.